The Morgan fingerprint density at radius 1 is 1.21 bits per heavy atom. The fourth-order valence-corrected chi connectivity index (χ4v) is 4.08. The van der Waals surface area contributed by atoms with E-state index >= 15 is 0 Å². The molecule has 4 aromatic rings. The zero-order valence-corrected chi connectivity index (χ0v) is 19.3. The van der Waals surface area contributed by atoms with E-state index in [1.54, 1.807) is 11.1 Å². The topological polar surface area (TPSA) is 87.5 Å². The fourth-order valence-electron chi connectivity index (χ4n) is 4.08. The smallest absolute Gasteiger partial charge is 0.410 e. The molecule has 33 heavy (non-hydrogen) atoms. The molecule has 170 valence electrons. The van der Waals surface area contributed by atoms with E-state index in [4.69, 9.17) is 4.74 Å². The first-order valence-corrected chi connectivity index (χ1v) is 11.1. The quantitative estimate of drug-likeness (QED) is 0.448. The molecular weight excluding hydrogens is 416 g/mol. The highest BCUT2D eigenvalue weighted by molar-refractivity contribution is 5.94. The number of aromatic amines is 1. The Labute approximate surface area is 192 Å². The molecule has 0 saturated heterocycles. The summed E-state index contributed by atoms with van der Waals surface area (Å²) in [4.78, 5) is 26.4. The van der Waals surface area contributed by atoms with Gasteiger partial charge in [-0.25, -0.2) is 14.8 Å². The van der Waals surface area contributed by atoms with Crippen molar-refractivity contribution < 1.29 is 9.53 Å². The first-order valence-electron chi connectivity index (χ1n) is 11.1. The number of hydrogen-bond donors (Lipinski definition) is 2. The summed E-state index contributed by atoms with van der Waals surface area (Å²) >= 11 is 0. The summed E-state index contributed by atoms with van der Waals surface area (Å²) in [6.45, 7) is 8.79. The van der Waals surface area contributed by atoms with Crippen molar-refractivity contribution in [3.05, 3.63) is 60.5 Å². The van der Waals surface area contributed by atoms with Crippen LogP contribution in [0.3, 0.4) is 0 Å². The van der Waals surface area contributed by atoms with Crippen molar-refractivity contribution in [1.82, 2.24) is 24.3 Å². The van der Waals surface area contributed by atoms with Crippen LogP contribution in [0.2, 0.25) is 0 Å². The zero-order valence-electron chi connectivity index (χ0n) is 19.3. The van der Waals surface area contributed by atoms with E-state index in [0.29, 0.717) is 13.1 Å². The standard InChI is InChI=1S/C25H28N6O2/c1-16-27-15-19-13-18(8-12-31(16)19)28-21-5-9-26-23-20(21)14-22(29-23)17-6-10-30(11-7-17)24(32)33-25(2,3)4/h5-6,8-9,12-15H,7,10-11H2,1-4H3,(H2,26,28,29). The van der Waals surface area contributed by atoms with Crippen LogP contribution in [0.5, 0.6) is 0 Å². The zero-order chi connectivity index (χ0) is 23.2. The second-order valence-corrected chi connectivity index (χ2v) is 9.35. The summed E-state index contributed by atoms with van der Waals surface area (Å²) in [5.74, 6) is 0.962. The van der Waals surface area contributed by atoms with E-state index in [0.717, 1.165) is 45.9 Å². The Bertz CT molecular complexity index is 1370. The number of ether oxygens (including phenoxy) is 1. The maximum absolute atomic E-state index is 12.3. The van der Waals surface area contributed by atoms with Crippen molar-refractivity contribution in [2.75, 3.05) is 18.4 Å². The van der Waals surface area contributed by atoms with Gasteiger partial charge in [-0.1, -0.05) is 6.08 Å². The lowest BCUT2D eigenvalue weighted by Gasteiger charge is -2.29. The molecule has 0 bridgehead atoms. The van der Waals surface area contributed by atoms with Gasteiger partial charge in [-0.05, 0) is 64.0 Å². The lowest BCUT2D eigenvalue weighted by atomic mass is 10.0. The minimum Gasteiger partial charge on any atom is -0.444 e. The third-order valence-electron chi connectivity index (χ3n) is 5.73. The molecule has 0 aliphatic carbocycles. The molecule has 5 rings (SSSR count). The first kappa shape index (κ1) is 21.1. The average Bonchev–Trinajstić information content (AvgIpc) is 3.37. The third-order valence-corrected chi connectivity index (χ3v) is 5.73. The average molecular weight is 445 g/mol. The van der Waals surface area contributed by atoms with Crippen LogP contribution in [-0.2, 0) is 4.74 Å². The molecule has 0 unspecified atom stereocenters. The number of aryl methyl sites for hydroxylation is 1. The Balaban J connectivity index is 1.37. The van der Waals surface area contributed by atoms with Crippen LogP contribution in [-0.4, -0.2) is 49.0 Å². The van der Waals surface area contributed by atoms with Crippen molar-refractivity contribution in [2.24, 2.45) is 0 Å². The Morgan fingerprint density at radius 2 is 2.06 bits per heavy atom. The number of anilines is 2. The molecule has 2 N–H and O–H groups in total. The molecular formula is C25H28N6O2. The molecule has 0 fully saturated rings. The molecule has 1 aliphatic heterocycles. The van der Waals surface area contributed by atoms with Crippen LogP contribution in [0.1, 0.15) is 38.7 Å². The third kappa shape index (κ3) is 4.28. The van der Waals surface area contributed by atoms with Gasteiger partial charge in [-0.15, -0.1) is 0 Å². The van der Waals surface area contributed by atoms with Crippen LogP contribution >= 0.6 is 0 Å². The second kappa shape index (κ2) is 7.95. The van der Waals surface area contributed by atoms with E-state index < -0.39 is 5.60 Å². The number of amides is 1. The molecule has 8 heteroatoms. The van der Waals surface area contributed by atoms with Gasteiger partial charge in [0.05, 0.1) is 17.4 Å². The van der Waals surface area contributed by atoms with Gasteiger partial charge < -0.3 is 24.3 Å². The lowest BCUT2D eigenvalue weighted by molar-refractivity contribution is 0.0270. The lowest BCUT2D eigenvalue weighted by Crippen LogP contribution is -2.39. The highest BCUT2D eigenvalue weighted by Crippen LogP contribution is 2.31. The van der Waals surface area contributed by atoms with Crippen LogP contribution in [0.15, 0.2) is 48.9 Å². The number of imidazole rings is 1. The van der Waals surface area contributed by atoms with Crippen LogP contribution in [0.4, 0.5) is 16.2 Å². The number of carbonyl (C=O) groups is 1. The number of nitrogens with one attached hydrogen (secondary N) is 2. The molecule has 0 saturated carbocycles. The Morgan fingerprint density at radius 3 is 2.82 bits per heavy atom. The van der Waals surface area contributed by atoms with Gasteiger partial charge in [-0.2, -0.15) is 0 Å². The highest BCUT2D eigenvalue weighted by Gasteiger charge is 2.24. The Kier molecular flexibility index (Phi) is 5.08. The highest BCUT2D eigenvalue weighted by atomic mass is 16.6. The molecule has 4 aromatic heterocycles. The summed E-state index contributed by atoms with van der Waals surface area (Å²) in [7, 11) is 0. The normalized spacial score (nSPS) is 14.5. The molecule has 0 spiro atoms. The predicted molar refractivity (Wildman–Crippen MR) is 130 cm³/mol. The SMILES string of the molecule is Cc1ncc2cc(Nc3ccnc4[nH]c(C5=CCN(C(=O)OC(C)(C)C)CC5)cc34)ccn12. The number of aromatic nitrogens is 4. The van der Waals surface area contributed by atoms with Gasteiger partial charge in [0, 0.05) is 42.3 Å². The van der Waals surface area contributed by atoms with Gasteiger partial charge >= 0.3 is 6.09 Å². The number of carbonyl (C=O) groups excluding carboxylic acids is 1. The Hall–Kier alpha value is -3.81. The number of hydrogen-bond acceptors (Lipinski definition) is 5. The minimum absolute atomic E-state index is 0.270. The van der Waals surface area contributed by atoms with Crippen molar-refractivity contribution in [3.8, 4) is 0 Å². The van der Waals surface area contributed by atoms with Gasteiger partial charge in [-0.3, -0.25) is 0 Å². The van der Waals surface area contributed by atoms with Gasteiger partial charge in [0.25, 0.3) is 0 Å². The van der Waals surface area contributed by atoms with E-state index in [9.17, 15) is 4.79 Å². The summed E-state index contributed by atoms with van der Waals surface area (Å²) in [5.41, 5.74) is 5.55. The number of pyridine rings is 2. The fraction of sp³-hybridized carbons (Fsp3) is 0.320. The van der Waals surface area contributed by atoms with Crippen LogP contribution in [0.25, 0.3) is 22.1 Å². The van der Waals surface area contributed by atoms with E-state index in [2.05, 4.69) is 42.9 Å². The minimum atomic E-state index is -0.491. The van der Waals surface area contributed by atoms with Crippen LogP contribution in [0, 0.1) is 6.92 Å². The number of rotatable bonds is 3. The molecule has 8 nitrogen and oxygen atoms in total. The van der Waals surface area contributed by atoms with E-state index in [1.807, 2.05) is 52.2 Å². The van der Waals surface area contributed by atoms with Crippen molar-refractivity contribution in [2.45, 2.75) is 39.7 Å². The summed E-state index contributed by atoms with van der Waals surface area (Å²) in [6, 6.07) is 8.22. The molecule has 0 radical (unpaired) electrons. The maximum Gasteiger partial charge on any atom is 0.410 e. The summed E-state index contributed by atoms with van der Waals surface area (Å²) in [5, 5.41) is 4.54. The largest absolute Gasteiger partial charge is 0.444 e. The molecule has 0 aromatic carbocycles. The summed E-state index contributed by atoms with van der Waals surface area (Å²) < 4.78 is 7.55. The van der Waals surface area contributed by atoms with Gasteiger partial charge in [0.2, 0.25) is 0 Å². The maximum atomic E-state index is 12.3. The predicted octanol–water partition coefficient (Wildman–Crippen LogP) is 5.29. The van der Waals surface area contributed by atoms with Gasteiger partial charge in [0.15, 0.2) is 0 Å². The monoisotopic (exact) mass is 444 g/mol. The first-order chi connectivity index (χ1) is 15.8. The molecule has 1 amide bonds. The summed E-state index contributed by atoms with van der Waals surface area (Å²) in [6.07, 6.45) is 8.25. The number of H-pyrrole nitrogens is 1. The van der Waals surface area contributed by atoms with E-state index in [-0.39, 0.29) is 6.09 Å². The number of fused-ring (bicyclic) bond motifs is 2. The van der Waals surface area contributed by atoms with Gasteiger partial charge in [0.1, 0.15) is 17.1 Å². The molecule has 1 aliphatic rings. The van der Waals surface area contributed by atoms with Crippen molar-refractivity contribution in [3.63, 3.8) is 0 Å². The second-order valence-electron chi connectivity index (χ2n) is 9.35. The number of nitrogens with zero attached hydrogens (tertiary/aromatic N) is 4. The van der Waals surface area contributed by atoms with Crippen molar-refractivity contribution >= 4 is 39.6 Å². The van der Waals surface area contributed by atoms with Crippen LogP contribution < -0.4 is 5.32 Å². The molecule has 5 heterocycles. The van der Waals surface area contributed by atoms with Crippen molar-refractivity contribution in [1.29, 1.82) is 0 Å². The van der Waals surface area contributed by atoms with E-state index in [1.165, 1.54) is 5.57 Å². The molecule has 0 atom stereocenters.